The largest absolute Gasteiger partial charge is 0.394 e. The number of aliphatic hydroxyl groups is 1. The van der Waals surface area contributed by atoms with Crippen molar-refractivity contribution < 1.29 is 19.5 Å². The van der Waals surface area contributed by atoms with E-state index in [1.54, 1.807) is 25.7 Å². The van der Waals surface area contributed by atoms with Gasteiger partial charge in [-0.05, 0) is 27.2 Å². The lowest BCUT2D eigenvalue weighted by Gasteiger charge is -2.36. The van der Waals surface area contributed by atoms with Crippen molar-refractivity contribution in [3.8, 4) is 0 Å². The first kappa shape index (κ1) is 19.9. The van der Waals surface area contributed by atoms with Gasteiger partial charge in [-0.25, -0.2) is 0 Å². The van der Waals surface area contributed by atoms with Crippen LogP contribution in [0, 0.1) is 11.8 Å². The normalized spacial score (nSPS) is 39.3. The minimum Gasteiger partial charge on any atom is -0.394 e. The summed E-state index contributed by atoms with van der Waals surface area (Å²) in [6.45, 7) is 5.27. The Morgan fingerprint density at radius 2 is 2.04 bits per heavy atom. The lowest BCUT2D eigenvalue weighted by molar-refractivity contribution is -0.142. The number of carbonyl (C=O) groups is 3. The molecule has 3 aliphatic rings. The Morgan fingerprint density at radius 3 is 2.58 bits per heavy atom. The highest BCUT2D eigenvalue weighted by molar-refractivity contribution is 9.09. The summed E-state index contributed by atoms with van der Waals surface area (Å²) in [6.07, 6.45) is 0.650. The van der Waals surface area contributed by atoms with Gasteiger partial charge in [0.2, 0.25) is 17.7 Å². The summed E-state index contributed by atoms with van der Waals surface area (Å²) in [5, 5.41) is 15.3. The van der Waals surface area contributed by atoms with Gasteiger partial charge in [0, 0.05) is 23.2 Å². The molecule has 2 bridgehead atoms. The van der Waals surface area contributed by atoms with E-state index in [1.807, 2.05) is 13.8 Å². The maximum Gasteiger partial charge on any atom is 0.244 e. The highest BCUT2D eigenvalue weighted by Crippen LogP contribution is 2.67. The molecule has 0 radical (unpaired) electrons. The van der Waals surface area contributed by atoms with Crippen LogP contribution in [0.3, 0.4) is 0 Å². The number of carbonyl (C=O) groups excluding carboxylic acids is 3. The van der Waals surface area contributed by atoms with E-state index < -0.39 is 28.7 Å². The summed E-state index contributed by atoms with van der Waals surface area (Å²) in [6, 6.07) is -1.23. The van der Waals surface area contributed by atoms with Gasteiger partial charge in [0.05, 0.1) is 29.2 Å². The standard InChI is InChI=1S/C17H26BrN3O4S/c1-7(2)20-15(24)13-17-5-9(18)12(26-17)10(14(23)19-4)11(17)16(25)21(13)8(3)6-22/h7-13,22H,5-6H2,1-4H3,(H,19,23)(H,20,24)/t8-,9?,10+,11+,12+,13?,17?/m1/s1. The molecule has 3 aliphatic heterocycles. The van der Waals surface area contributed by atoms with Crippen molar-refractivity contribution in [2.45, 2.75) is 60.1 Å². The van der Waals surface area contributed by atoms with Crippen molar-refractivity contribution in [3.05, 3.63) is 0 Å². The fourth-order valence-electron chi connectivity index (χ4n) is 4.76. The topological polar surface area (TPSA) is 98.7 Å². The minimum absolute atomic E-state index is 0.0372. The monoisotopic (exact) mass is 447 g/mol. The van der Waals surface area contributed by atoms with Crippen LogP contribution in [0.25, 0.3) is 0 Å². The van der Waals surface area contributed by atoms with E-state index in [4.69, 9.17) is 0 Å². The zero-order valence-corrected chi connectivity index (χ0v) is 17.8. The average Bonchev–Trinajstić information content (AvgIpc) is 3.16. The maximum absolute atomic E-state index is 13.3. The van der Waals surface area contributed by atoms with E-state index in [0.717, 1.165) is 0 Å². The number of fused-ring (bicyclic) bond motifs is 1. The molecule has 26 heavy (non-hydrogen) atoms. The maximum atomic E-state index is 13.3. The number of aliphatic hydroxyl groups excluding tert-OH is 1. The van der Waals surface area contributed by atoms with Crippen molar-refractivity contribution in [1.82, 2.24) is 15.5 Å². The van der Waals surface area contributed by atoms with Gasteiger partial charge in [-0.15, -0.1) is 11.8 Å². The van der Waals surface area contributed by atoms with Crippen LogP contribution in [0.4, 0.5) is 0 Å². The van der Waals surface area contributed by atoms with Crippen LogP contribution < -0.4 is 10.6 Å². The van der Waals surface area contributed by atoms with Crippen LogP contribution in [0.5, 0.6) is 0 Å². The quantitative estimate of drug-likeness (QED) is 0.519. The lowest BCUT2D eigenvalue weighted by atomic mass is 9.70. The van der Waals surface area contributed by atoms with Crippen molar-refractivity contribution in [2.24, 2.45) is 11.8 Å². The van der Waals surface area contributed by atoms with Gasteiger partial charge < -0.3 is 20.6 Å². The number of nitrogens with zero attached hydrogens (tertiary/aromatic N) is 1. The van der Waals surface area contributed by atoms with Gasteiger partial charge in [-0.3, -0.25) is 14.4 Å². The summed E-state index contributed by atoms with van der Waals surface area (Å²) in [5.74, 6) is -1.57. The molecular weight excluding hydrogens is 422 g/mol. The summed E-state index contributed by atoms with van der Waals surface area (Å²) < 4.78 is -0.643. The summed E-state index contributed by atoms with van der Waals surface area (Å²) in [4.78, 5) is 40.6. The molecule has 0 aromatic rings. The molecule has 3 fully saturated rings. The van der Waals surface area contributed by atoms with E-state index in [9.17, 15) is 19.5 Å². The van der Waals surface area contributed by atoms with Gasteiger partial charge in [0.1, 0.15) is 6.04 Å². The molecular formula is C17H26BrN3O4S. The first-order valence-electron chi connectivity index (χ1n) is 8.96. The number of rotatable bonds is 5. The number of hydrogen-bond donors (Lipinski definition) is 3. The molecule has 7 nitrogen and oxygen atoms in total. The second-order valence-corrected chi connectivity index (χ2v) is 10.4. The van der Waals surface area contributed by atoms with E-state index in [0.29, 0.717) is 6.42 Å². The van der Waals surface area contributed by atoms with Crippen LogP contribution in [0.15, 0.2) is 0 Å². The predicted molar refractivity (Wildman–Crippen MR) is 103 cm³/mol. The molecule has 3 rings (SSSR count). The van der Waals surface area contributed by atoms with Gasteiger partial charge >= 0.3 is 0 Å². The molecule has 0 saturated carbocycles. The Kier molecular flexibility index (Phi) is 5.35. The Balaban J connectivity index is 2.08. The van der Waals surface area contributed by atoms with E-state index in [2.05, 4.69) is 26.6 Å². The predicted octanol–water partition coefficient (Wildman–Crippen LogP) is 0.102. The molecule has 0 aromatic heterocycles. The van der Waals surface area contributed by atoms with E-state index in [-0.39, 0.29) is 40.4 Å². The average molecular weight is 448 g/mol. The Labute approximate surface area is 166 Å². The molecule has 1 spiro atoms. The van der Waals surface area contributed by atoms with Crippen molar-refractivity contribution >= 4 is 45.4 Å². The minimum atomic E-state index is -0.686. The number of halogens is 1. The Morgan fingerprint density at radius 1 is 1.38 bits per heavy atom. The molecule has 3 N–H and O–H groups in total. The molecule has 0 aliphatic carbocycles. The first-order valence-corrected chi connectivity index (χ1v) is 10.8. The Hall–Kier alpha value is -0.800. The third kappa shape index (κ3) is 2.69. The van der Waals surface area contributed by atoms with Gasteiger partial charge in [0.25, 0.3) is 0 Å². The zero-order chi connectivity index (χ0) is 19.4. The zero-order valence-electron chi connectivity index (χ0n) is 15.4. The third-order valence-electron chi connectivity index (χ3n) is 5.69. The SMILES string of the molecule is CNC(=O)[C@H]1[C@H]2C(=O)N([C@H](C)CO)C(C(=O)NC(C)C)C23CC(Br)[C@@H]1S3. The second-order valence-electron chi connectivity index (χ2n) is 7.72. The van der Waals surface area contributed by atoms with Crippen LogP contribution >= 0.6 is 27.7 Å². The third-order valence-corrected chi connectivity index (χ3v) is 8.91. The summed E-state index contributed by atoms with van der Waals surface area (Å²) in [5.41, 5.74) is 0. The number of likely N-dealkylation sites (tertiary alicyclic amines) is 1. The van der Waals surface area contributed by atoms with Crippen LogP contribution in [0.1, 0.15) is 27.2 Å². The number of alkyl halides is 1. The molecule has 146 valence electrons. The molecule has 3 amide bonds. The first-order chi connectivity index (χ1) is 12.2. The van der Waals surface area contributed by atoms with Crippen molar-refractivity contribution in [3.63, 3.8) is 0 Å². The van der Waals surface area contributed by atoms with E-state index in [1.165, 1.54) is 4.90 Å². The van der Waals surface area contributed by atoms with Gasteiger partial charge in [-0.1, -0.05) is 15.9 Å². The summed E-state index contributed by atoms with van der Waals surface area (Å²) in [7, 11) is 1.57. The van der Waals surface area contributed by atoms with E-state index >= 15 is 0 Å². The molecule has 9 heteroatoms. The number of hydrogen-bond acceptors (Lipinski definition) is 5. The molecule has 3 heterocycles. The highest BCUT2D eigenvalue weighted by Gasteiger charge is 2.75. The van der Waals surface area contributed by atoms with Crippen molar-refractivity contribution in [2.75, 3.05) is 13.7 Å². The van der Waals surface area contributed by atoms with Crippen molar-refractivity contribution in [1.29, 1.82) is 0 Å². The number of amides is 3. The fraction of sp³-hybridized carbons (Fsp3) is 0.824. The molecule has 3 unspecified atom stereocenters. The fourth-order valence-corrected chi connectivity index (χ4v) is 8.36. The van der Waals surface area contributed by atoms with Gasteiger partial charge in [0.15, 0.2) is 0 Å². The Bertz CT molecular complexity index is 633. The summed E-state index contributed by atoms with van der Waals surface area (Å²) >= 11 is 5.27. The second kappa shape index (κ2) is 6.98. The van der Waals surface area contributed by atoms with Crippen LogP contribution in [-0.2, 0) is 14.4 Å². The van der Waals surface area contributed by atoms with Gasteiger partial charge in [-0.2, -0.15) is 0 Å². The van der Waals surface area contributed by atoms with Crippen LogP contribution in [0.2, 0.25) is 0 Å². The highest BCUT2D eigenvalue weighted by atomic mass is 79.9. The van der Waals surface area contributed by atoms with Crippen LogP contribution in [-0.4, -0.2) is 74.3 Å². The molecule has 7 atom stereocenters. The number of nitrogens with one attached hydrogen (secondary N) is 2. The molecule has 0 aromatic carbocycles. The lowest BCUT2D eigenvalue weighted by Crippen LogP contribution is -2.57. The smallest absolute Gasteiger partial charge is 0.244 e. The molecule has 3 saturated heterocycles. The number of thioether (sulfide) groups is 1.